The quantitative estimate of drug-likeness (QED) is 0.915. The van der Waals surface area contributed by atoms with E-state index in [9.17, 15) is 5.11 Å². The van der Waals surface area contributed by atoms with Gasteiger partial charge >= 0.3 is 0 Å². The highest BCUT2D eigenvalue weighted by atomic mass is 16.7. The van der Waals surface area contributed by atoms with Crippen molar-refractivity contribution in [1.82, 2.24) is 0 Å². The summed E-state index contributed by atoms with van der Waals surface area (Å²) in [5, 5.41) is 10.2. The molecule has 0 bridgehead atoms. The van der Waals surface area contributed by atoms with Gasteiger partial charge in [0.25, 0.3) is 0 Å². The van der Waals surface area contributed by atoms with Gasteiger partial charge < -0.3 is 14.6 Å². The Morgan fingerprint density at radius 2 is 1.85 bits per heavy atom. The summed E-state index contributed by atoms with van der Waals surface area (Å²) in [4.78, 5) is 0. The molecule has 0 spiro atoms. The topological polar surface area (TPSA) is 38.7 Å². The lowest BCUT2D eigenvalue weighted by molar-refractivity contribution is -0.108. The van der Waals surface area contributed by atoms with Crippen molar-refractivity contribution in [1.29, 1.82) is 0 Å². The number of ether oxygens (including phenoxy) is 2. The Kier molecular flexibility index (Phi) is 4.71. The van der Waals surface area contributed by atoms with Crippen LogP contribution in [0.4, 0.5) is 0 Å². The second-order valence-electron chi connectivity index (χ2n) is 6.02. The van der Waals surface area contributed by atoms with Gasteiger partial charge in [-0.2, -0.15) is 0 Å². The summed E-state index contributed by atoms with van der Waals surface area (Å²) in [7, 11) is 0. The van der Waals surface area contributed by atoms with Crippen molar-refractivity contribution in [3.63, 3.8) is 0 Å². The van der Waals surface area contributed by atoms with Crippen LogP contribution in [-0.4, -0.2) is 24.1 Å². The van der Waals surface area contributed by atoms with Crippen LogP contribution in [0.5, 0.6) is 0 Å². The summed E-state index contributed by atoms with van der Waals surface area (Å²) in [6.07, 6.45) is 6.52. The zero-order chi connectivity index (χ0) is 13.8. The first-order chi connectivity index (χ1) is 9.83. The van der Waals surface area contributed by atoms with E-state index in [1.807, 2.05) is 30.3 Å². The largest absolute Gasteiger partial charge is 0.388 e. The minimum atomic E-state index is -0.463. The molecule has 0 unspecified atom stereocenters. The molecule has 20 heavy (non-hydrogen) atoms. The van der Waals surface area contributed by atoms with Gasteiger partial charge in [-0.3, -0.25) is 0 Å². The van der Waals surface area contributed by atoms with Crippen LogP contribution < -0.4 is 0 Å². The van der Waals surface area contributed by atoms with E-state index in [0.29, 0.717) is 18.9 Å². The number of aliphatic hydroxyl groups excluding tert-OH is 1. The first-order valence-electron chi connectivity index (χ1n) is 7.83. The molecule has 1 N–H and O–H groups in total. The van der Waals surface area contributed by atoms with Gasteiger partial charge in [-0.05, 0) is 18.4 Å². The molecule has 3 nitrogen and oxygen atoms in total. The van der Waals surface area contributed by atoms with Crippen LogP contribution in [0.3, 0.4) is 0 Å². The molecule has 1 saturated heterocycles. The molecule has 0 amide bonds. The predicted molar refractivity (Wildman–Crippen MR) is 77.2 cm³/mol. The highest BCUT2D eigenvalue weighted by Gasteiger charge is 2.34. The molecule has 1 aromatic rings. The lowest BCUT2D eigenvalue weighted by Gasteiger charge is -2.26. The Hall–Kier alpha value is -0.900. The molecule has 1 aromatic carbocycles. The normalized spacial score (nSPS) is 29.4. The second-order valence-corrected chi connectivity index (χ2v) is 6.02. The molecule has 1 saturated carbocycles. The second kappa shape index (κ2) is 6.70. The molecule has 1 aliphatic carbocycles. The van der Waals surface area contributed by atoms with Crippen molar-refractivity contribution in [3.8, 4) is 0 Å². The fourth-order valence-corrected chi connectivity index (χ4v) is 3.31. The highest BCUT2D eigenvalue weighted by Crippen LogP contribution is 2.33. The zero-order valence-electron chi connectivity index (χ0n) is 11.9. The molecular weight excluding hydrogens is 252 g/mol. The molecule has 3 rings (SSSR count). The lowest BCUT2D eigenvalue weighted by atomic mass is 9.89. The molecule has 2 fully saturated rings. The van der Waals surface area contributed by atoms with Gasteiger partial charge in [0.05, 0.1) is 18.8 Å². The van der Waals surface area contributed by atoms with E-state index < -0.39 is 6.10 Å². The van der Waals surface area contributed by atoms with Crippen molar-refractivity contribution in [3.05, 3.63) is 35.9 Å². The maximum absolute atomic E-state index is 10.2. The van der Waals surface area contributed by atoms with Crippen molar-refractivity contribution < 1.29 is 14.6 Å². The van der Waals surface area contributed by atoms with Crippen LogP contribution in [0.15, 0.2) is 30.3 Å². The smallest absolute Gasteiger partial charge is 0.160 e. The fraction of sp³-hybridized carbons (Fsp3) is 0.647. The van der Waals surface area contributed by atoms with E-state index in [0.717, 1.165) is 5.56 Å². The summed E-state index contributed by atoms with van der Waals surface area (Å²) >= 11 is 0. The van der Waals surface area contributed by atoms with Crippen LogP contribution in [0, 0.1) is 5.92 Å². The molecule has 2 aliphatic rings. The van der Waals surface area contributed by atoms with Crippen LogP contribution in [0.25, 0.3) is 0 Å². The number of rotatable bonds is 4. The first kappa shape index (κ1) is 14.1. The Morgan fingerprint density at radius 1 is 1.10 bits per heavy atom. The molecular formula is C17H24O3. The summed E-state index contributed by atoms with van der Waals surface area (Å²) in [6.45, 7) is 0.616. The van der Waals surface area contributed by atoms with Crippen LogP contribution in [0.1, 0.15) is 50.2 Å². The SMILES string of the molecule is O[C@H](C[C@H]1CO[C@H](C2CCCCC2)O1)c1ccccc1. The van der Waals surface area contributed by atoms with E-state index in [-0.39, 0.29) is 12.4 Å². The van der Waals surface area contributed by atoms with Crippen molar-refractivity contribution >= 4 is 0 Å². The average Bonchev–Trinajstić information content (AvgIpc) is 2.97. The maximum Gasteiger partial charge on any atom is 0.160 e. The Morgan fingerprint density at radius 3 is 2.60 bits per heavy atom. The van der Waals surface area contributed by atoms with Crippen LogP contribution >= 0.6 is 0 Å². The summed E-state index contributed by atoms with van der Waals surface area (Å²) in [6, 6.07) is 9.79. The molecule has 1 aliphatic heterocycles. The standard InChI is InChI=1S/C17H24O3/c18-16(13-7-3-1-4-8-13)11-15-12-19-17(20-15)14-9-5-2-6-10-14/h1,3-4,7-8,14-18H,2,5-6,9-12H2/t15-,16+,17-/m0/s1. The van der Waals surface area contributed by atoms with E-state index in [1.165, 1.54) is 32.1 Å². The molecule has 3 heteroatoms. The Labute approximate surface area is 120 Å². The first-order valence-corrected chi connectivity index (χ1v) is 7.83. The van der Waals surface area contributed by atoms with Gasteiger partial charge in [-0.25, -0.2) is 0 Å². The number of benzene rings is 1. The van der Waals surface area contributed by atoms with E-state index in [2.05, 4.69) is 0 Å². The number of aliphatic hydroxyl groups is 1. The van der Waals surface area contributed by atoms with Gasteiger partial charge in [0.2, 0.25) is 0 Å². The third-order valence-corrected chi connectivity index (χ3v) is 4.48. The third kappa shape index (κ3) is 3.40. The van der Waals surface area contributed by atoms with Gasteiger partial charge in [0.15, 0.2) is 6.29 Å². The van der Waals surface area contributed by atoms with Crippen molar-refractivity contribution in [2.45, 2.75) is 57.0 Å². The molecule has 3 atom stereocenters. The van der Waals surface area contributed by atoms with Crippen LogP contribution in [-0.2, 0) is 9.47 Å². The van der Waals surface area contributed by atoms with Crippen molar-refractivity contribution in [2.24, 2.45) is 5.92 Å². The van der Waals surface area contributed by atoms with Gasteiger partial charge in [0.1, 0.15) is 0 Å². The summed E-state index contributed by atoms with van der Waals surface area (Å²) in [5.41, 5.74) is 0.956. The van der Waals surface area contributed by atoms with Crippen molar-refractivity contribution in [2.75, 3.05) is 6.61 Å². The molecule has 1 heterocycles. The highest BCUT2D eigenvalue weighted by molar-refractivity contribution is 5.17. The van der Waals surface area contributed by atoms with Crippen LogP contribution in [0.2, 0.25) is 0 Å². The van der Waals surface area contributed by atoms with E-state index in [1.54, 1.807) is 0 Å². The predicted octanol–water partition coefficient (Wildman–Crippen LogP) is 3.43. The maximum atomic E-state index is 10.2. The number of hydrogen-bond acceptors (Lipinski definition) is 3. The monoisotopic (exact) mass is 276 g/mol. The minimum absolute atomic E-state index is 0.0251. The summed E-state index contributed by atoms with van der Waals surface area (Å²) in [5.74, 6) is 0.558. The average molecular weight is 276 g/mol. The summed E-state index contributed by atoms with van der Waals surface area (Å²) < 4.78 is 11.8. The van der Waals surface area contributed by atoms with E-state index >= 15 is 0 Å². The van der Waals surface area contributed by atoms with Gasteiger partial charge in [0, 0.05) is 12.3 Å². The fourth-order valence-electron chi connectivity index (χ4n) is 3.31. The third-order valence-electron chi connectivity index (χ3n) is 4.48. The number of hydrogen-bond donors (Lipinski definition) is 1. The molecule has 0 radical (unpaired) electrons. The van der Waals surface area contributed by atoms with Gasteiger partial charge in [-0.15, -0.1) is 0 Å². The Balaban J connectivity index is 1.50. The van der Waals surface area contributed by atoms with Gasteiger partial charge in [-0.1, -0.05) is 49.6 Å². The molecule has 110 valence electrons. The molecule has 0 aromatic heterocycles. The Bertz CT molecular complexity index is 400. The van der Waals surface area contributed by atoms with E-state index in [4.69, 9.17) is 9.47 Å². The zero-order valence-corrected chi connectivity index (χ0v) is 11.9. The lowest BCUT2D eigenvalue weighted by Crippen LogP contribution is -2.25. The minimum Gasteiger partial charge on any atom is -0.388 e.